The van der Waals surface area contributed by atoms with E-state index in [1.165, 1.54) is 16.9 Å². The Kier molecular flexibility index (Phi) is 7.69. The van der Waals surface area contributed by atoms with Gasteiger partial charge in [-0.2, -0.15) is 0 Å². The Labute approximate surface area is 203 Å². The van der Waals surface area contributed by atoms with E-state index in [0.29, 0.717) is 32.5 Å². The molecule has 2 amide bonds. The summed E-state index contributed by atoms with van der Waals surface area (Å²) in [5.41, 5.74) is 3.96. The Morgan fingerprint density at radius 1 is 1.24 bits per heavy atom. The Morgan fingerprint density at radius 2 is 2.06 bits per heavy atom. The van der Waals surface area contributed by atoms with Gasteiger partial charge in [0.1, 0.15) is 10.8 Å². The molecule has 1 aromatic carbocycles. The third kappa shape index (κ3) is 5.51. The molecule has 0 bridgehead atoms. The quantitative estimate of drug-likeness (QED) is 0.472. The second-order valence-electron chi connectivity index (χ2n) is 8.12. The Hall–Kier alpha value is -3.52. The third-order valence-electron chi connectivity index (χ3n) is 5.91. The Morgan fingerprint density at radius 3 is 2.82 bits per heavy atom. The highest BCUT2D eigenvalue weighted by Gasteiger charge is 2.27. The van der Waals surface area contributed by atoms with Gasteiger partial charge in [-0.05, 0) is 48.9 Å². The lowest BCUT2D eigenvalue weighted by atomic mass is 10.0. The van der Waals surface area contributed by atoms with Crippen LogP contribution in [0.15, 0.2) is 53.7 Å². The fourth-order valence-corrected chi connectivity index (χ4v) is 5.47. The number of pyridine rings is 1. The molecular weight excluding hydrogens is 448 g/mol. The molecule has 8 heteroatoms. The van der Waals surface area contributed by atoms with Gasteiger partial charge >= 0.3 is 0 Å². The van der Waals surface area contributed by atoms with Gasteiger partial charge in [-0.3, -0.25) is 19.6 Å². The number of hydrogen-bond donors (Lipinski definition) is 1. The van der Waals surface area contributed by atoms with Crippen molar-refractivity contribution in [2.24, 2.45) is 4.99 Å². The molecule has 0 radical (unpaired) electrons. The summed E-state index contributed by atoms with van der Waals surface area (Å²) in [6.07, 6.45) is 3.66. The molecule has 0 aliphatic carbocycles. The van der Waals surface area contributed by atoms with E-state index in [9.17, 15) is 9.59 Å². The number of aliphatic imine (C=N–C) groups is 1. The topological polar surface area (TPSA) is 83.9 Å². The summed E-state index contributed by atoms with van der Waals surface area (Å²) in [4.78, 5) is 36.9. The van der Waals surface area contributed by atoms with Crippen LogP contribution in [0, 0.1) is 0 Å². The number of aryl methyl sites for hydroxylation is 1. The van der Waals surface area contributed by atoms with Crippen LogP contribution >= 0.6 is 11.3 Å². The molecule has 0 spiro atoms. The summed E-state index contributed by atoms with van der Waals surface area (Å²) in [5, 5.41) is 3.89. The molecule has 0 fully saturated rings. The highest BCUT2D eigenvalue weighted by molar-refractivity contribution is 7.16. The first kappa shape index (κ1) is 23.6. The molecule has 7 nitrogen and oxygen atoms in total. The molecule has 1 aliphatic rings. The van der Waals surface area contributed by atoms with Gasteiger partial charge in [0.2, 0.25) is 11.8 Å². The zero-order valence-corrected chi connectivity index (χ0v) is 20.1. The average molecular weight is 477 g/mol. The van der Waals surface area contributed by atoms with E-state index >= 15 is 0 Å². The molecule has 1 N–H and O–H groups in total. The number of para-hydroxylation sites is 1. The first-order valence-corrected chi connectivity index (χ1v) is 12.1. The van der Waals surface area contributed by atoms with E-state index < -0.39 is 0 Å². The summed E-state index contributed by atoms with van der Waals surface area (Å²) < 4.78 is 5.38. The zero-order chi connectivity index (χ0) is 23.9. The average Bonchev–Trinajstić information content (AvgIpc) is 3.19. The fourth-order valence-electron chi connectivity index (χ4n) is 4.18. The van der Waals surface area contributed by atoms with Crippen LogP contribution in [0.25, 0.3) is 0 Å². The van der Waals surface area contributed by atoms with Gasteiger partial charge in [0.25, 0.3) is 0 Å². The maximum atomic E-state index is 12.8. The van der Waals surface area contributed by atoms with Crippen LogP contribution in [-0.2, 0) is 41.9 Å². The molecule has 3 aromatic rings. The molecule has 0 saturated heterocycles. The molecule has 0 unspecified atom stereocenters. The smallest absolute Gasteiger partial charge is 0.228 e. The van der Waals surface area contributed by atoms with Crippen LogP contribution in [0.4, 0.5) is 5.00 Å². The SMILES string of the molecule is C=NCc1c(NC(=O)CCc2ccccc2OC)sc2c1CCN(C(=O)Cc1ccccn1)C2. The summed E-state index contributed by atoms with van der Waals surface area (Å²) in [6, 6.07) is 13.3. The van der Waals surface area contributed by atoms with E-state index in [1.807, 2.05) is 47.4 Å². The lowest BCUT2D eigenvalue weighted by molar-refractivity contribution is -0.131. The van der Waals surface area contributed by atoms with E-state index in [4.69, 9.17) is 4.74 Å². The van der Waals surface area contributed by atoms with Gasteiger partial charge in [0.15, 0.2) is 0 Å². The number of carbonyl (C=O) groups excluding carboxylic acids is 2. The summed E-state index contributed by atoms with van der Waals surface area (Å²) in [7, 11) is 1.63. The van der Waals surface area contributed by atoms with Gasteiger partial charge in [-0.25, -0.2) is 0 Å². The first-order chi connectivity index (χ1) is 16.6. The number of rotatable bonds is 9. The van der Waals surface area contributed by atoms with Crippen LogP contribution < -0.4 is 10.1 Å². The molecule has 0 saturated carbocycles. The highest BCUT2D eigenvalue weighted by atomic mass is 32.1. The van der Waals surface area contributed by atoms with Gasteiger partial charge in [0.05, 0.1) is 26.6 Å². The normalized spacial score (nSPS) is 12.7. The van der Waals surface area contributed by atoms with Crippen LogP contribution in [0.3, 0.4) is 0 Å². The van der Waals surface area contributed by atoms with Crippen LogP contribution in [0.5, 0.6) is 5.75 Å². The minimum atomic E-state index is -0.0575. The number of fused-ring (bicyclic) bond motifs is 1. The molecule has 0 atom stereocenters. The number of benzene rings is 1. The van der Waals surface area contributed by atoms with Gasteiger partial charge in [-0.1, -0.05) is 24.3 Å². The lowest BCUT2D eigenvalue weighted by Crippen LogP contribution is -2.36. The van der Waals surface area contributed by atoms with Gasteiger partial charge in [-0.15, -0.1) is 11.3 Å². The number of ether oxygens (including phenoxy) is 1. The standard InChI is InChI=1S/C26H28N4O3S/c1-27-16-21-20-12-14-30(25(32)15-19-8-5-6-13-28-19)17-23(20)34-26(21)29-24(31)11-10-18-7-3-4-9-22(18)33-2/h3-9,13H,1,10-12,14-17H2,2H3,(H,29,31). The maximum Gasteiger partial charge on any atom is 0.228 e. The molecule has 3 heterocycles. The van der Waals surface area contributed by atoms with E-state index in [0.717, 1.165) is 38.9 Å². The molecule has 1 aliphatic heterocycles. The number of nitrogens with zero attached hydrogens (tertiary/aromatic N) is 3. The van der Waals surface area contributed by atoms with Crippen molar-refractivity contribution in [3.8, 4) is 5.75 Å². The van der Waals surface area contributed by atoms with E-state index in [-0.39, 0.29) is 18.2 Å². The van der Waals surface area contributed by atoms with Crippen molar-refractivity contribution in [1.29, 1.82) is 0 Å². The molecule has 2 aromatic heterocycles. The lowest BCUT2D eigenvalue weighted by Gasteiger charge is -2.27. The number of carbonyl (C=O) groups is 2. The van der Waals surface area contributed by atoms with Crippen molar-refractivity contribution in [3.63, 3.8) is 0 Å². The molecule has 34 heavy (non-hydrogen) atoms. The van der Waals surface area contributed by atoms with Crippen molar-refractivity contribution < 1.29 is 14.3 Å². The first-order valence-electron chi connectivity index (χ1n) is 11.2. The number of thiophene rings is 1. The van der Waals surface area contributed by atoms with Crippen molar-refractivity contribution in [2.45, 2.75) is 38.8 Å². The second-order valence-corrected chi connectivity index (χ2v) is 9.22. The van der Waals surface area contributed by atoms with Crippen molar-refractivity contribution in [3.05, 3.63) is 75.9 Å². The molecule has 4 rings (SSSR count). The zero-order valence-electron chi connectivity index (χ0n) is 19.3. The van der Waals surface area contributed by atoms with Gasteiger partial charge in [0, 0.05) is 35.3 Å². The minimum Gasteiger partial charge on any atom is -0.496 e. The fraction of sp³-hybridized carbons (Fsp3) is 0.308. The Bertz CT molecular complexity index is 1180. The van der Waals surface area contributed by atoms with Crippen molar-refractivity contribution >= 4 is 34.9 Å². The van der Waals surface area contributed by atoms with Gasteiger partial charge < -0.3 is 15.0 Å². The van der Waals surface area contributed by atoms with E-state index in [1.54, 1.807) is 13.3 Å². The third-order valence-corrected chi connectivity index (χ3v) is 7.09. The summed E-state index contributed by atoms with van der Waals surface area (Å²) in [6.45, 7) is 5.26. The van der Waals surface area contributed by atoms with E-state index in [2.05, 4.69) is 22.0 Å². The van der Waals surface area contributed by atoms with Crippen molar-refractivity contribution in [2.75, 3.05) is 19.0 Å². The van der Waals surface area contributed by atoms with Crippen LogP contribution in [0.1, 0.15) is 33.7 Å². The summed E-state index contributed by atoms with van der Waals surface area (Å²) in [5.74, 6) is 0.787. The van der Waals surface area contributed by atoms with Crippen molar-refractivity contribution in [1.82, 2.24) is 9.88 Å². The molecule has 176 valence electrons. The van der Waals surface area contributed by atoms with Crippen LogP contribution in [0.2, 0.25) is 0 Å². The predicted octanol–water partition coefficient (Wildman–Crippen LogP) is 4.05. The second kappa shape index (κ2) is 11.1. The number of methoxy groups -OCH3 is 1. The highest BCUT2D eigenvalue weighted by Crippen LogP contribution is 2.38. The monoisotopic (exact) mass is 476 g/mol. The number of hydrogen-bond acceptors (Lipinski definition) is 6. The maximum absolute atomic E-state index is 12.8. The largest absolute Gasteiger partial charge is 0.496 e. The number of aromatic nitrogens is 1. The summed E-state index contributed by atoms with van der Waals surface area (Å²) >= 11 is 1.53. The minimum absolute atomic E-state index is 0.0575. The number of amides is 2. The number of anilines is 1. The number of nitrogens with one attached hydrogen (secondary N) is 1. The van der Waals surface area contributed by atoms with Crippen LogP contribution in [-0.4, -0.2) is 42.1 Å². The Balaban J connectivity index is 1.43. The predicted molar refractivity (Wildman–Crippen MR) is 135 cm³/mol. The molecular formula is C26H28N4O3S.